The van der Waals surface area contributed by atoms with Gasteiger partial charge in [-0.1, -0.05) is 32.9 Å². The van der Waals surface area contributed by atoms with E-state index in [1.165, 1.54) is 5.56 Å². The molecule has 2 rings (SSSR count). The fourth-order valence-corrected chi connectivity index (χ4v) is 1.77. The first-order valence-corrected chi connectivity index (χ1v) is 6.48. The third kappa shape index (κ3) is 3.23. The van der Waals surface area contributed by atoms with Crippen LogP contribution in [0.5, 0.6) is 0 Å². The van der Waals surface area contributed by atoms with Crippen LogP contribution in [0.15, 0.2) is 30.5 Å². The van der Waals surface area contributed by atoms with Gasteiger partial charge >= 0.3 is 0 Å². The van der Waals surface area contributed by atoms with E-state index in [0.29, 0.717) is 5.95 Å². The van der Waals surface area contributed by atoms with E-state index in [4.69, 9.17) is 0 Å². The Morgan fingerprint density at radius 1 is 1.10 bits per heavy atom. The zero-order valence-electron chi connectivity index (χ0n) is 12.2. The molecule has 0 unspecified atom stereocenters. The van der Waals surface area contributed by atoms with Gasteiger partial charge in [-0.25, -0.2) is 9.37 Å². The highest BCUT2D eigenvalue weighted by molar-refractivity contribution is 5.58. The van der Waals surface area contributed by atoms with Crippen molar-refractivity contribution in [2.24, 2.45) is 0 Å². The molecule has 20 heavy (non-hydrogen) atoms. The zero-order valence-corrected chi connectivity index (χ0v) is 12.2. The van der Waals surface area contributed by atoms with E-state index in [-0.39, 0.29) is 11.2 Å². The number of benzene rings is 1. The van der Waals surface area contributed by atoms with Crippen molar-refractivity contribution in [1.82, 2.24) is 9.97 Å². The summed E-state index contributed by atoms with van der Waals surface area (Å²) in [6.45, 7) is 6.45. The molecule has 1 heterocycles. The number of hydrogen-bond acceptors (Lipinski definition) is 4. The molecule has 2 aromatic rings. The molecule has 4 nitrogen and oxygen atoms in total. The molecular weight excluding hydrogens is 255 g/mol. The van der Waals surface area contributed by atoms with Gasteiger partial charge in [0.1, 0.15) is 0 Å². The molecule has 0 aliphatic heterocycles. The maximum absolute atomic E-state index is 13.6. The summed E-state index contributed by atoms with van der Waals surface area (Å²) in [4.78, 5) is 7.86. The molecule has 0 aliphatic rings. The Kier molecular flexibility index (Phi) is 3.88. The largest absolute Gasteiger partial charge is 0.357 e. The third-order valence-corrected chi connectivity index (χ3v) is 2.98. The molecule has 1 aromatic carbocycles. The van der Waals surface area contributed by atoms with Crippen molar-refractivity contribution >= 4 is 17.5 Å². The summed E-state index contributed by atoms with van der Waals surface area (Å²) < 4.78 is 13.6. The lowest BCUT2D eigenvalue weighted by molar-refractivity contribution is 0.590. The average molecular weight is 274 g/mol. The Hall–Kier alpha value is -2.17. The van der Waals surface area contributed by atoms with Gasteiger partial charge < -0.3 is 10.6 Å². The Morgan fingerprint density at radius 2 is 1.75 bits per heavy atom. The minimum absolute atomic E-state index is 0.0952. The SMILES string of the molecule is CNc1ncc(F)c(Nc2ccc(C(C)(C)C)cc2)n1. The Labute approximate surface area is 118 Å². The van der Waals surface area contributed by atoms with Crippen LogP contribution in [0.1, 0.15) is 26.3 Å². The first kappa shape index (κ1) is 14.2. The van der Waals surface area contributed by atoms with E-state index < -0.39 is 5.82 Å². The van der Waals surface area contributed by atoms with Crippen molar-refractivity contribution < 1.29 is 4.39 Å². The molecule has 0 amide bonds. The number of aromatic nitrogens is 2. The van der Waals surface area contributed by atoms with Gasteiger partial charge in [0.05, 0.1) is 6.20 Å². The van der Waals surface area contributed by atoms with Gasteiger partial charge in [-0.3, -0.25) is 0 Å². The maximum Gasteiger partial charge on any atom is 0.224 e. The highest BCUT2D eigenvalue weighted by Crippen LogP contribution is 2.25. The normalized spacial score (nSPS) is 11.2. The molecule has 0 saturated carbocycles. The topological polar surface area (TPSA) is 49.8 Å². The predicted molar refractivity (Wildman–Crippen MR) is 80.0 cm³/mol. The van der Waals surface area contributed by atoms with E-state index in [1.54, 1.807) is 7.05 Å². The molecule has 0 fully saturated rings. The van der Waals surface area contributed by atoms with Crippen molar-refractivity contribution in [2.45, 2.75) is 26.2 Å². The third-order valence-electron chi connectivity index (χ3n) is 2.98. The van der Waals surface area contributed by atoms with E-state index in [1.807, 2.05) is 24.3 Å². The summed E-state index contributed by atoms with van der Waals surface area (Å²) in [5.41, 5.74) is 2.11. The summed E-state index contributed by atoms with van der Waals surface area (Å²) in [5.74, 6) is 0.0527. The van der Waals surface area contributed by atoms with E-state index in [9.17, 15) is 4.39 Å². The maximum atomic E-state index is 13.6. The fraction of sp³-hybridized carbons (Fsp3) is 0.333. The molecule has 0 bridgehead atoms. The summed E-state index contributed by atoms with van der Waals surface area (Å²) in [6, 6.07) is 7.89. The monoisotopic (exact) mass is 274 g/mol. The standard InChI is InChI=1S/C15H19FN4/c1-15(2,3)10-5-7-11(8-6-10)19-13-12(16)9-18-14(17-4)20-13/h5-9H,1-4H3,(H2,17,18,19,20). The van der Waals surface area contributed by atoms with Gasteiger partial charge in [-0.2, -0.15) is 4.98 Å². The molecule has 2 N–H and O–H groups in total. The molecule has 0 saturated heterocycles. The zero-order chi connectivity index (χ0) is 14.8. The predicted octanol–water partition coefficient (Wildman–Crippen LogP) is 3.70. The van der Waals surface area contributed by atoms with Crippen LogP contribution in [0, 0.1) is 5.82 Å². The number of nitrogens with zero attached hydrogens (tertiary/aromatic N) is 2. The van der Waals surface area contributed by atoms with Crippen LogP contribution < -0.4 is 10.6 Å². The number of anilines is 3. The van der Waals surface area contributed by atoms with Crippen LogP contribution in [0.25, 0.3) is 0 Å². The van der Waals surface area contributed by atoms with Gasteiger partial charge in [0, 0.05) is 12.7 Å². The van der Waals surface area contributed by atoms with Crippen molar-refractivity contribution in [3.05, 3.63) is 41.8 Å². The summed E-state index contributed by atoms with van der Waals surface area (Å²) in [6.07, 6.45) is 1.14. The fourth-order valence-electron chi connectivity index (χ4n) is 1.77. The molecule has 5 heteroatoms. The van der Waals surface area contributed by atoms with Crippen LogP contribution in [0.2, 0.25) is 0 Å². The molecule has 0 spiro atoms. The van der Waals surface area contributed by atoms with Gasteiger partial charge in [-0.05, 0) is 23.1 Å². The minimum atomic E-state index is -0.483. The number of rotatable bonds is 3. The molecular formula is C15H19FN4. The molecule has 106 valence electrons. The smallest absolute Gasteiger partial charge is 0.224 e. The minimum Gasteiger partial charge on any atom is -0.357 e. The van der Waals surface area contributed by atoms with Crippen LogP contribution in [0.4, 0.5) is 21.8 Å². The quantitative estimate of drug-likeness (QED) is 0.896. The Morgan fingerprint density at radius 3 is 2.30 bits per heavy atom. The molecule has 0 atom stereocenters. The molecule has 1 aromatic heterocycles. The van der Waals surface area contributed by atoms with Crippen molar-refractivity contribution in [3.63, 3.8) is 0 Å². The second kappa shape index (κ2) is 5.45. The second-order valence-corrected chi connectivity index (χ2v) is 5.59. The van der Waals surface area contributed by atoms with Gasteiger partial charge in [0.15, 0.2) is 11.6 Å². The van der Waals surface area contributed by atoms with E-state index in [2.05, 4.69) is 41.4 Å². The Bertz CT molecular complexity index is 588. The second-order valence-electron chi connectivity index (χ2n) is 5.59. The summed E-state index contributed by atoms with van der Waals surface area (Å²) in [7, 11) is 1.69. The first-order chi connectivity index (χ1) is 9.40. The highest BCUT2D eigenvalue weighted by atomic mass is 19.1. The lowest BCUT2D eigenvalue weighted by Crippen LogP contribution is -2.10. The van der Waals surface area contributed by atoms with E-state index in [0.717, 1.165) is 11.9 Å². The van der Waals surface area contributed by atoms with E-state index >= 15 is 0 Å². The average Bonchev–Trinajstić information content (AvgIpc) is 2.41. The van der Waals surface area contributed by atoms with Gasteiger partial charge in [-0.15, -0.1) is 0 Å². The van der Waals surface area contributed by atoms with Gasteiger partial charge in [0.25, 0.3) is 0 Å². The lowest BCUT2D eigenvalue weighted by Gasteiger charge is -2.19. The van der Waals surface area contributed by atoms with Crippen LogP contribution in [0.3, 0.4) is 0 Å². The van der Waals surface area contributed by atoms with Crippen LogP contribution >= 0.6 is 0 Å². The van der Waals surface area contributed by atoms with Gasteiger partial charge in [0.2, 0.25) is 5.95 Å². The van der Waals surface area contributed by atoms with Crippen LogP contribution in [-0.4, -0.2) is 17.0 Å². The summed E-state index contributed by atoms with van der Waals surface area (Å²) >= 11 is 0. The van der Waals surface area contributed by atoms with Crippen molar-refractivity contribution in [1.29, 1.82) is 0 Å². The number of halogens is 1. The van der Waals surface area contributed by atoms with Crippen molar-refractivity contribution in [3.8, 4) is 0 Å². The number of hydrogen-bond donors (Lipinski definition) is 2. The lowest BCUT2D eigenvalue weighted by atomic mass is 9.87. The highest BCUT2D eigenvalue weighted by Gasteiger charge is 2.13. The first-order valence-electron chi connectivity index (χ1n) is 6.48. The van der Waals surface area contributed by atoms with Crippen LogP contribution in [-0.2, 0) is 5.41 Å². The molecule has 0 radical (unpaired) electrons. The van der Waals surface area contributed by atoms with Crippen molar-refractivity contribution in [2.75, 3.05) is 17.7 Å². The molecule has 0 aliphatic carbocycles. The Balaban J connectivity index is 2.22. The number of nitrogens with one attached hydrogen (secondary N) is 2. The summed E-state index contributed by atoms with van der Waals surface area (Å²) in [5, 5.41) is 5.74.